The van der Waals surface area contributed by atoms with Gasteiger partial charge in [0.05, 0.1) is 12.6 Å². The first kappa shape index (κ1) is 12.2. The molecule has 0 saturated carbocycles. The Labute approximate surface area is 104 Å². The minimum absolute atomic E-state index is 0.0740. The highest BCUT2D eigenvalue weighted by atomic mass is 16.4. The molecule has 0 amide bonds. The first-order chi connectivity index (χ1) is 8.58. The third kappa shape index (κ3) is 2.51. The summed E-state index contributed by atoms with van der Waals surface area (Å²) in [6.45, 7) is 0. The van der Waals surface area contributed by atoms with Crippen LogP contribution in [-0.2, 0) is 18.3 Å². The van der Waals surface area contributed by atoms with E-state index in [9.17, 15) is 9.90 Å². The quantitative estimate of drug-likeness (QED) is 0.862. The van der Waals surface area contributed by atoms with E-state index in [1.165, 1.54) is 0 Å². The monoisotopic (exact) mass is 246 g/mol. The molecule has 0 fully saturated rings. The van der Waals surface area contributed by atoms with Crippen LogP contribution < -0.4 is 0 Å². The van der Waals surface area contributed by atoms with E-state index < -0.39 is 5.97 Å². The number of aryl methyl sites for hydroxylation is 1. The maximum atomic E-state index is 10.6. The number of aliphatic carboxylic acids is 1. The second kappa shape index (κ2) is 4.91. The number of hydrogen-bond acceptors (Lipinski definition) is 3. The first-order valence-electron chi connectivity index (χ1n) is 5.60. The highest BCUT2D eigenvalue weighted by Gasteiger charge is 2.12. The van der Waals surface area contributed by atoms with Crippen LogP contribution in [0.5, 0.6) is 5.75 Å². The largest absolute Gasteiger partial charge is 0.508 e. The number of rotatable bonds is 4. The van der Waals surface area contributed by atoms with Crippen molar-refractivity contribution in [1.29, 1.82) is 0 Å². The Morgan fingerprint density at radius 2 is 2.00 bits per heavy atom. The molecule has 1 aromatic carbocycles. The fourth-order valence-corrected chi connectivity index (χ4v) is 1.87. The summed E-state index contributed by atoms with van der Waals surface area (Å²) in [5.41, 5.74) is 2.70. The van der Waals surface area contributed by atoms with Crippen LogP contribution in [0.2, 0.25) is 0 Å². The summed E-state index contributed by atoms with van der Waals surface area (Å²) in [7, 11) is 1.79. The minimum atomic E-state index is -0.826. The molecule has 0 atom stereocenters. The number of phenols is 1. The number of benzene rings is 1. The molecular formula is C13H14N2O3. The number of hydrogen-bond donors (Lipinski definition) is 2. The number of carbonyl (C=O) groups is 1. The van der Waals surface area contributed by atoms with Crippen LogP contribution in [0, 0.1) is 0 Å². The molecule has 0 aliphatic heterocycles. The van der Waals surface area contributed by atoms with Gasteiger partial charge in [-0.1, -0.05) is 12.1 Å². The van der Waals surface area contributed by atoms with Crippen molar-refractivity contribution in [2.45, 2.75) is 12.8 Å². The molecule has 2 rings (SSSR count). The van der Waals surface area contributed by atoms with Crippen molar-refractivity contribution in [3.05, 3.63) is 36.2 Å². The fraction of sp³-hybridized carbons (Fsp3) is 0.231. The van der Waals surface area contributed by atoms with Crippen molar-refractivity contribution in [1.82, 2.24) is 9.78 Å². The van der Waals surface area contributed by atoms with Gasteiger partial charge in [0.25, 0.3) is 0 Å². The van der Waals surface area contributed by atoms with Crippen LogP contribution >= 0.6 is 0 Å². The SMILES string of the molecule is Cn1ncc(-c2ccc(O)cc2)c1CCC(=O)O. The molecule has 0 bridgehead atoms. The van der Waals surface area contributed by atoms with Gasteiger partial charge in [-0.25, -0.2) is 0 Å². The Bertz CT molecular complexity index is 558. The molecule has 0 unspecified atom stereocenters. The summed E-state index contributed by atoms with van der Waals surface area (Å²) in [4.78, 5) is 10.6. The van der Waals surface area contributed by atoms with Gasteiger partial charge in [-0.2, -0.15) is 5.10 Å². The second-order valence-corrected chi connectivity index (χ2v) is 4.07. The maximum absolute atomic E-state index is 10.6. The van der Waals surface area contributed by atoms with Crippen molar-refractivity contribution in [2.75, 3.05) is 0 Å². The first-order valence-corrected chi connectivity index (χ1v) is 5.60. The normalized spacial score (nSPS) is 10.5. The standard InChI is InChI=1S/C13H14N2O3/c1-15-12(6-7-13(17)18)11(8-14-15)9-2-4-10(16)5-3-9/h2-5,8,16H,6-7H2,1H3,(H,17,18). The molecule has 94 valence electrons. The van der Waals surface area contributed by atoms with Crippen LogP contribution in [-0.4, -0.2) is 26.0 Å². The summed E-state index contributed by atoms with van der Waals surface area (Å²) in [6.07, 6.45) is 2.22. The predicted octanol–water partition coefficient (Wildman–Crippen LogP) is 1.81. The number of aromatic hydroxyl groups is 1. The Kier molecular flexibility index (Phi) is 3.32. The lowest BCUT2D eigenvalue weighted by atomic mass is 10.0. The third-order valence-corrected chi connectivity index (χ3v) is 2.82. The van der Waals surface area contributed by atoms with Crippen molar-refractivity contribution in [3.63, 3.8) is 0 Å². The molecule has 0 saturated heterocycles. The van der Waals surface area contributed by atoms with Gasteiger partial charge in [-0.15, -0.1) is 0 Å². The van der Waals surface area contributed by atoms with Crippen molar-refractivity contribution in [2.24, 2.45) is 7.05 Å². The molecule has 1 aromatic heterocycles. The van der Waals surface area contributed by atoms with Gasteiger partial charge in [0.15, 0.2) is 0 Å². The van der Waals surface area contributed by atoms with Gasteiger partial charge >= 0.3 is 5.97 Å². The Morgan fingerprint density at radius 1 is 1.33 bits per heavy atom. The lowest BCUT2D eigenvalue weighted by molar-refractivity contribution is -0.136. The zero-order chi connectivity index (χ0) is 13.1. The molecule has 1 heterocycles. The van der Waals surface area contributed by atoms with Gasteiger partial charge in [0.1, 0.15) is 5.75 Å². The van der Waals surface area contributed by atoms with Crippen LogP contribution in [0.1, 0.15) is 12.1 Å². The second-order valence-electron chi connectivity index (χ2n) is 4.07. The lowest BCUT2D eigenvalue weighted by Gasteiger charge is -2.05. The van der Waals surface area contributed by atoms with Crippen LogP contribution in [0.4, 0.5) is 0 Å². The molecule has 5 nitrogen and oxygen atoms in total. The zero-order valence-electron chi connectivity index (χ0n) is 10.00. The molecule has 2 N–H and O–H groups in total. The average molecular weight is 246 g/mol. The molecule has 0 aliphatic carbocycles. The smallest absolute Gasteiger partial charge is 0.303 e. The highest BCUT2D eigenvalue weighted by Crippen LogP contribution is 2.25. The molecule has 2 aromatic rings. The minimum Gasteiger partial charge on any atom is -0.508 e. The van der Waals surface area contributed by atoms with Crippen molar-refractivity contribution < 1.29 is 15.0 Å². The van der Waals surface area contributed by atoms with E-state index >= 15 is 0 Å². The van der Waals surface area contributed by atoms with Crippen molar-refractivity contribution in [3.8, 4) is 16.9 Å². The molecule has 0 radical (unpaired) electrons. The molecule has 0 spiro atoms. The molecule has 5 heteroatoms. The summed E-state index contributed by atoms with van der Waals surface area (Å²) in [5.74, 6) is -0.623. The van der Waals surface area contributed by atoms with Gasteiger partial charge in [-0.3, -0.25) is 9.48 Å². The highest BCUT2D eigenvalue weighted by molar-refractivity contribution is 5.69. The number of carboxylic acid groups (broad SMARTS) is 1. The molecular weight excluding hydrogens is 232 g/mol. The van der Waals surface area contributed by atoms with Gasteiger partial charge < -0.3 is 10.2 Å². The Hall–Kier alpha value is -2.30. The molecule has 18 heavy (non-hydrogen) atoms. The van der Waals surface area contributed by atoms with Crippen LogP contribution in [0.15, 0.2) is 30.5 Å². The van der Waals surface area contributed by atoms with E-state index in [1.807, 2.05) is 0 Å². The van der Waals surface area contributed by atoms with Gasteiger partial charge in [0.2, 0.25) is 0 Å². The topological polar surface area (TPSA) is 75.3 Å². The fourth-order valence-electron chi connectivity index (χ4n) is 1.87. The van der Waals surface area contributed by atoms with Gasteiger partial charge in [-0.05, 0) is 17.7 Å². The van der Waals surface area contributed by atoms with Crippen LogP contribution in [0.25, 0.3) is 11.1 Å². The molecule has 0 aliphatic rings. The van der Waals surface area contributed by atoms with Crippen LogP contribution in [0.3, 0.4) is 0 Å². The Morgan fingerprint density at radius 3 is 2.61 bits per heavy atom. The maximum Gasteiger partial charge on any atom is 0.303 e. The predicted molar refractivity (Wildman–Crippen MR) is 66.3 cm³/mol. The van der Waals surface area contributed by atoms with E-state index in [-0.39, 0.29) is 12.2 Å². The van der Waals surface area contributed by atoms with E-state index in [1.54, 1.807) is 42.2 Å². The third-order valence-electron chi connectivity index (χ3n) is 2.82. The number of phenolic OH excluding ortho intramolecular Hbond substituents is 1. The van der Waals surface area contributed by atoms with E-state index in [0.717, 1.165) is 16.8 Å². The lowest BCUT2D eigenvalue weighted by Crippen LogP contribution is -2.04. The zero-order valence-corrected chi connectivity index (χ0v) is 10.00. The summed E-state index contributed by atoms with van der Waals surface area (Å²) in [6, 6.07) is 6.78. The summed E-state index contributed by atoms with van der Waals surface area (Å²) in [5, 5.41) is 22.1. The van der Waals surface area contributed by atoms with E-state index in [2.05, 4.69) is 5.10 Å². The van der Waals surface area contributed by atoms with E-state index in [0.29, 0.717) is 6.42 Å². The number of nitrogens with zero attached hydrogens (tertiary/aromatic N) is 2. The summed E-state index contributed by atoms with van der Waals surface area (Å²) < 4.78 is 1.69. The number of carboxylic acids is 1. The Balaban J connectivity index is 2.33. The number of aromatic nitrogens is 2. The van der Waals surface area contributed by atoms with E-state index in [4.69, 9.17) is 5.11 Å². The average Bonchev–Trinajstić information content (AvgIpc) is 2.69. The summed E-state index contributed by atoms with van der Waals surface area (Å²) >= 11 is 0. The van der Waals surface area contributed by atoms with Gasteiger partial charge in [0, 0.05) is 24.7 Å². The van der Waals surface area contributed by atoms with Crippen molar-refractivity contribution >= 4 is 5.97 Å².